The predicted octanol–water partition coefficient (Wildman–Crippen LogP) is 4.63. The van der Waals surface area contributed by atoms with Crippen LogP contribution in [0.15, 0.2) is 47.5 Å². The van der Waals surface area contributed by atoms with Crippen molar-refractivity contribution in [3.05, 3.63) is 53.0 Å². The largest absolute Gasteiger partial charge is 0.488 e. The molecule has 0 saturated heterocycles. The van der Waals surface area contributed by atoms with Gasteiger partial charge in [0.2, 0.25) is 0 Å². The first-order valence-corrected chi connectivity index (χ1v) is 7.69. The Balaban J connectivity index is 2.33. The van der Waals surface area contributed by atoms with Crippen molar-refractivity contribution >= 4 is 26.7 Å². The zero-order valence-corrected chi connectivity index (χ0v) is 13.4. The average molecular weight is 334 g/mol. The molecule has 0 spiro atoms. The van der Waals surface area contributed by atoms with Crippen molar-refractivity contribution in [3.8, 4) is 5.75 Å². The van der Waals surface area contributed by atoms with Crippen LogP contribution in [0.1, 0.15) is 18.9 Å². The van der Waals surface area contributed by atoms with Gasteiger partial charge in [-0.25, -0.2) is 0 Å². The Morgan fingerprint density at radius 3 is 2.80 bits per heavy atom. The number of halogens is 1. The molecular weight excluding hydrogens is 314 g/mol. The molecule has 0 atom stereocenters. The summed E-state index contributed by atoms with van der Waals surface area (Å²) in [5.41, 5.74) is 1.21. The van der Waals surface area contributed by atoms with Gasteiger partial charge < -0.3 is 10.1 Å². The fraction of sp³-hybridized carbons (Fsp3) is 0.294. The smallest absolute Gasteiger partial charge is 0.124 e. The van der Waals surface area contributed by atoms with Gasteiger partial charge in [0.15, 0.2) is 0 Å². The molecule has 0 aliphatic rings. The molecule has 0 aromatic heterocycles. The Morgan fingerprint density at radius 1 is 1.25 bits per heavy atom. The molecule has 0 heterocycles. The van der Waals surface area contributed by atoms with Crippen molar-refractivity contribution in [1.82, 2.24) is 5.32 Å². The summed E-state index contributed by atoms with van der Waals surface area (Å²) in [5.74, 6) is 0.924. The zero-order chi connectivity index (χ0) is 14.4. The lowest BCUT2D eigenvalue weighted by Gasteiger charge is -2.14. The van der Waals surface area contributed by atoms with Crippen molar-refractivity contribution in [2.24, 2.45) is 0 Å². The van der Waals surface area contributed by atoms with E-state index in [1.807, 2.05) is 6.07 Å². The summed E-state index contributed by atoms with van der Waals surface area (Å²) in [5, 5.41) is 5.94. The quantitative estimate of drug-likeness (QED) is 0.746. The number of hydrogen-bond donors (Lipinski definition) is 1. The molecule has 0 aliphatic carbocycles. The van der Waals surface area contributed by atoms with Crippen LogP contribution in [0.25, 0.3) is 10.8 Å². The summed E-state index contributed by atoms with van der Waals surface area (Å²) in [6.45, 7) is 8.29. The van der Waals surface area contributed by atoms with E-state index in [1.165, 1.54) is 16.3 Å². The molecule has 2 aromatic rings. The van der Waals surface area contributed by atoms with Crippen LogP contribution in [-0.2, 0) is 6.54 Å². The maximum Gasteiger partial charge on any atom is 0.124 e. The van der Waals surface area contributed by atoms with Gasteiger partial charge >= 0.3 is 0 Å². The highest BCUT2D eigenvalue weighted by molar-refractivity contribution is 9.11. The number of nitrogens with one attached hydrogen (secondary N) is 1. The van der Waals surface area contributed by atoms with E-state index < -0.39 is 0 Å². The van der Waals surface area contributed by atoms with E-state index >= 15 is 0 Å². The second-order valence-electron chi connectivity index (χ2n) is 4.75. The topological polar surface area (TPSA) is 21.3 Å². The molecule has 0 saturated carbocycles. The fourth-order valence-electron chi connectivity index (χ4n) is 2.18. The SMILES string of the molecule is C=C(Br)COc1ccc2ccccc2c1CNCCC. The van der Waals surface area contributed by atoms with Crippen molar-refractivity contribution in [3.63, 3.8) is 0 Å². The van der Waals surface area contributed by atoms with E-state index in [0.717, 1.165) is 29.7 Å². The van der Waals surface area contributed by atoms with Crippen molar-refractivity contribution in [2.75, 3.05) is 13.2 Å². The van der Waals surface area contributed by atoms with Gasteiger partial charge in [-0.2, -0.15) is 0 Å². The van der Waals surface area contributed by atoms with E-state index in [4.69, 9.17) is 4.74 Å². The Morgan fingerprint density at radius 2 is 2.05 bits per heavy atom. The first kappa shape index (κ1) is 15.1. The molecule has 20 heavy (non-hydrogen) atoms. The van der Waals surface area contributed by atoms with E-state index in [2.05, 4.69) is 65.1 Å². The normalized spacial score (nSPS) is 10.7. The molecule has 2 rings (SSSR count). The molecule has 2 nitrogen and oxygen atoms in total. The Kier molecular flexibility index (Phi) is 5.62. The van der Waals surface area contributed by atoms with Gasteiger partial charge in [0.1, 0.15) is 12.4 Å². The standard InChI is InChI=1S/C17H20BrNO/c1-3-10-19-11-16-15-7-5-4-6-14(15)8-9-17(16)20-12-13(2)18/h4-9,19H,2-3,10-12H2,1H3. The van der Waals surface area contributed by atoms with E-state index in [0.29, 0.717) is 6.61 Å². The third kappa shape index (κ3) is 3.84. The molecule has 2 aromatic carbocycles. The Labute approximate surface area is 129 Å². The summed E-state index contributed by atoms with van der Waals surface area (Å²) in [6.07, 6.45) is 1.12. The van der Waals surface area contributed by atoms with E-state index in [-0.39, 0.29) is 0 Å². The molecule has 3 heteroatoms. The van der Waals surface area contributed by atoms with Crippen LogP contribution in [0.3, 0.4) is 0 Å². The molecule has 106 valence electrons. The van der Waals surface area contributed by atoms with Gasteiger partial charge in [-0.05, 0) is 29.8 Å². The fourth-order valence-corrected chi connectivity index (χ4v) is 2.29. The first-order valence-electron chi connectivity index (χ1n) is 6.89. The van der Waals surface area contributed by atoms with Crippen molar-refractivity contribution in [2.45, 2.75) is 19.9 Å². The summed E-state index contributed by atoms with van der Waals surface area (Å²) in [4.78, 5) is 0. The lowest BCUT2D eigenvalue weighted by molar-refractivity contribution is 0.356. The van der Waals surface area contributed by atoms with Gasteiger partial charge in [-0.15, -0.1) is 0 Å². The second kappa shape index (κ2) is 7.46. The van der Waals surface area contributed by atoms with Gasteiger partial charge in [0, 0.05) is 16.6 Å². The molecule has 0 radical (unpaired) electrons. The monoisotopic (exact) mass is 333 g/mol. The third-order valence-electron chi connectivity index (χ3n) is 3.11. The van der Waals surface area contributed by atoms with Gasteiger partial charge in [0.25, 0.3) is 0 Å². The summed E-state index contributed by atoms with van der Waals surface area (Å²) in [7, 11) is 0. The lowest BCUT2D eigenvalue weighted by Crippen LogP contribution is -2.15. The van der Waals surface area contributed by atoms with Crippen LogP contribution < -0.4 is 10.1 Å². The number of ether oxygens (including phenoxy) is 1. The lowest BCUT2D eigenvalue weighted by atomic mass is 10.0. The molecule has 0 unspecified atom stereocenters. The van der Waals surface area contributed by atoms with Crippen LogP contribution in [0.5, 0.6) is 5.75 Å². The average Bonchev–Trinajstić information content (AvgIpc) is 2.46. The third-order valence-corrected chi connectivity index (χ3v) is 3.34. The molecule has 0 amide bonds. The highest BCUT2D eigenvalue weighted by Crippen LogP contribution is 2.28. The predicted molar refractivity (Wildman–Crippen MR) is 89.5 cm³/mol. The summed E-state index contributed by atoms with van der Waals surface area (Å²) < 4.78 is 6.70. The van der Waals surface area contributed by atoms with Crippen LogP contribution in [0, 0.1) is 0 Å². The minimum atomic E-state index is 0.485. The number of fused-ring (bicyclic) bond motifs is 1. The number of benzene rings is 2. The maximum atomic E-state index is 5.85. The van der Waals surface area contributed by atoms with Crippen LogP contribution in [0.2, 0.25) is 0 Å². The van der Waals surface area contributed by atoms with E-state index in [9.17, 15) is 0 Å². The van der Waals surface area contributed by atoms with Gasteiger partial charge in [0.05, 0.1) is 0 Å². The van der Waals surface area contributed by atoms with Gasteiger partial charge in [-0.3, -0.25) is 0 Å². The number of hydrogen-bond acceptors (Lipinski definition) is 2. The highest BCUT2D eigenvalue weighted by atomic mass is 79.9. The van der Waals surface area contributed by atoms with Crippen LogP contribution >= 0.6 is 15.9 Å². The Bertz CT molecular complexity index is 595. The maximum absolute atomic E-state index is 5.85. The minimum absolute atomic E-state index is 0.485. The highest BCUT2D eigenvalue weighted by Gasteiger charge is 2.08. The van der Waals surface area contributed by atoms with Crippen molar-refractivity contribution in [1.29, 1.82) is 0 Å². The first-order chi connectivity index (χ1) is 9.72. The van der Waals surface area contributed by atoms with Gasteiger partial charge in [-0.1, -0.05) is 59.8 Å². The number of rotatable bonds is 7. The molecule has 0 bridgehead atoms. The second-order valence-corrected chi connectivity index (χ2v) is 5.87. The van der Waals surface area contributed by atoms with Crippen LogP contribution in [-0.4, -0.2) is 13.2 Å². The Hall–Kier alpha value is -1.32. The zero-order valence-electron chi connectivity index (χ0n) is 11.8. The van der Waals surface area contributed by atoms with Crippen LogP contribution in [0.4, 0.5) is 0 Å². The summed E-state index contributed by atoms with van der Waals surface area (Å²) in [6, 6.07) is 12.6. The molecular formula is C17H20BrNO. The summed E-state index contributed by atoms with van der Waals surface area (Å²) >= 11 is 3.33. The molecule has 1 N–H and O–H groups in total. The minimum Gasteiger partial charge on any atom is -0.488 e. The molecule has 0 fully saturated rings. The van der Waals surface area contributed by atoms with E-state index in [1.54, 1.807) is 0 Å². The van der Waals surface area contributed by atoms with Crippen molar-refractivity contribution < 1.29 is 4.74 Å². The molecule has 0 aliphatic heterocycles.